The Kier molecular flexibility index (Phi) is 46.0. The standard InChI is InChI=1S/C67H127N2O19P/c1-16-18-20-22-24-26-28-29-30-31-32-33-34-35-37-39-41-43-45-47-56(71)68-52(53(75-6)46-44-42-40-38-36-27-25-23-21-19-17-2)49-85-89(73,84-15)88-65-62(81-12)60(79-10)61(80-11)64(63(65)82-13)87-67(66(72)83-14)48-54(76-7)57(69(4)51(3)70)59(86-67)58(78-9)55(77-8)50-74-5/h44,46,52-55,57-65H,16-43,45,47-50H2,1-15H3,(H,68,71)/b46-44+/t52-,53+,54-,55+,57+,58+,59+,60-,61-,62+,63+,64+,65-,67-,89?/m0/s1. The van der Waals surface area contributed by atoms with Crippen LogP contribution in [0.15, 0.2) is 12.2 Å². The molecule has 2 amide bonds. The van der Waals surface area contributed by atoms with Crippen LogP contribution < -0.4 is 5.32 Å². The number of nitrogens with one attached hydrogen (secondary N) is 1. The van der Waals surface area contributed by atoms with E-state index in [1.165, 1.54) is 224 Å². The van der Waals surface area contributed by atoms with E-state index in [1.807, 2.05) is 6.08 Å². The van der Waals surface area contributed by atoms with Gasteiger partial charge in [0.15, 0.2) is 0 Å². The van der Waals surface area contributed by atoms with Gasteiger partial charge in [-0.3, -0.25) is 23.2 Å². The summed E-state index contributed by atoms with van der Waals surface area (Å²) in [6, 6.07) is -1.69. The summed E-state index contributed by atoms with van der Waals surface area (Å²) in [5.74, 6) is -3.83. The SMILES string of the molecule is CCCCCCCCCCC/C=C/[C@@H](OC)[C@H](COP(=O)(OC)O[C@H]1[C@H](OC)[C@@H](OC)[C@H](OC)[C@@H](O[C@]2(C(=O)OC)C[C@H](OC)[C@@H](N(C)C(C)=O)[C@H]([C@H](OC)[C@@H](COC)OC)O2)[C@H]1OC)NC(=O)CCCCCCCCCCCCCCCCCCCCC. The lowest BCUT2D eigenvalue weighted by atomic mass is 9.83. The first-order chi connectivity index (χ1) is 43.1. The number of likely N-dealkylation sites (N-methyl/N-ethyl adjacent to an activating group) is 1. The molecule has 1 unspecified atom stereocenters. The highest BCUT2D eigenvalue weighted by Crippen LogP contribution is 2.53. The van der Waals surface area contributed by atoms with Crippen LogP contribution in [0.25, 0.3) is 0 Å². The number of amides is 2. The number of methoxy groups -OCH3 is 10. The molecule has 1 aliphatic carbocycles. The van der Waals surface area contributed by atoms with Crippen molar-refractivity contribution in [1.29, 1.82) is 0 Å². The van der Waals surface area contributed by atoms with Gasteiger partial charge in [-0.05, 0) is 19.3 Å². The third-order valence-corrected chi connectivity index (χ3v) is 19.3. The fourth-order valence-corrected chi connectivity index (χ4v) is 13.8. The molecule has 1 N–H and O–H groups in total. The Balaban J connectivity index is 2.39. The van der Waals surface area contributed by atoms with Crippen molar-refractivity contribution in [3.05, 3.63) is 12.2 Å². The molecule has 0 aromatic heterocycles. The molecule has 0 bridgehead atoms. The van der Waals surface area contributed by atoms with Gasteiger partial charge in [0.25, 0.3) is 5.79 Å². The van der Waals surface area contributed by atoms with Crippen LogP contribution in [-0.2, 0) is 89.4 Å². The number of carbonyl (C=O) groups is 3. The maximum absolute atomic E-state index is 15.1. The highest BCUT2D eigenvalue weighted by Gasteiger charge is 2.63. The molecule has 524 valence electrons. The summed E-state index contributed by atoms with van der Waals surface area (Å²) in [6.07, 6.45) is 27.7. The van der Waals surface area contributed by atoms with Gasteiger partial charge >= 0.3 is 13.8 Å². The minimum absolute atomic E-state index is 0.0405. The molecule has 2 aliphatic rings. The average Bonchev–Trinajstić information content (AvgIpc) is 0.780. The smallest absolute Gasteiger partial charge is 0.465 e. The highest BCUT2D eigenvalue weighted by molar-refractivity contribution is 7.48. The fourth-order valence-electron chi connectivity index (χ4n) is 12.6. The average molecular weight is 1300 g/mol. The number of hydrogen-bond acceptors (Lipinski definition) is 19. The zero-order valence-corrected chi connectivity index (χ0v) is 59.0. The summed E-state index contributed by atoms with van der Waals surface area (Å²) < 4.78 is 107. The van der Waals surface area contributed by atoms with Gasteiger partial charge in [-0.1, -0.05) is 193 Å². The van der Waals surface area contributed by atoms with Crippen LogP contribution in [-0.4, -0.2) is 206 Å². The van der Waals surface area contributed by atoms with Crippen LogP contribution in [0.2, 0.25) is 0 Å². The minimum atomic E-state index is -4.67. The molecular formula is C67H127N2O19P. The number of allylic oxidation sites excluding steroid dienone is 1. The molecule has 2 rings (SSSR count). The van der Waals surface area contributed by atoms with E-state index in [9.17, 15) is 14.4 Å². The number of carbonyl (C=O) groups excluding carboxylic acids is 3. The quantitative estimate of drug-likeness (QED) is 0.0259. The summed E-state index contributed by atoms with van der Waals surface area (Å²) in [6.45, 7) is 5.59. The zero-order chi connectivity index (χ0) is 65.9. The van der Waals surface area contributed by atoms with Crippen LogP contribution in [0.5, 0.6) is 0 Å². The van der Waals surface area contributed by atoms with Crippen LogP contribution in [0, 0.1) is 0 Å². The fraction of sp³-hybridized carbons (Fsp3) is 0.925. The van der Waals surface area contributed by atoms with Gasteiger partial charge < -0.3 is 67.1 Å². The normalized spacial score (nSPS) is 25.1. The van der Waals surface area contributed by atoms with Crippen LogP contribution in [0.1, 0.15) is 220 Å². The Morgan fingerprint density at radius 2 is 1.04 bits per heavy atom. The monoisotopic (exact) mass is 1290 g/mol. The van der Waals surface area contributed by atoms with E-state index in [2.05, 4.69) is 25.2 Å². The molecule has 15 atom stereocenters. The molecule has 1 aliphatic heterocycles. The van der Waals surface area contributed by atoms with Crippen molar-refractivity contribution in [3.63, 3.8) is 0 Å². The number of esters is 1. The molecule has 0 spiro atoms. The molecule has 1 heterocycles. The van der Waals surface area contributed by atoms with Gasteiger partial charge in [-0.15, -0.1) is 0 Å². The Hall–Kier alpha value is -2.18. The minimum Gasteiger partial charge on any atom is -0.465 e. The molecule has 22 heteroatoms. The van der Waals surface area contributed by atoms with Gasteiger partial charge in [-0.2, -0.15) is 0 Å². The number of hydrogen-bond donors (Lipinski definition) is 1. The van der Waals surface area contributed by atoms with E-state index < -0.39 is 98.8 Å². The van der Waals surface area contributed by atoms with Gasteiger partial charge in [-0.25, -0.2) is 9.36 Å². The molecule has 0 radical (unpaired) electrons. The molecular weight excluding hydrogens is 1170 g/mol. The number of phosphoric acid groups is 1. The second-order valence-electron chi connectivity index (χ2n) is 24.3. The zero-order valence-electron chi connectivity index (χ0n) is 58.1. The predicted octanol–water partition coefficient (Wildman–Crippen LogP) is 12.6. The maximum atomic E-state index is 15.1. The molecule has 21 nitrogen and oxygen atoms in total. The Labute approximate surface area is 538 Å². The molecule has 1 saturated heterocycles. The first-order valence-electron chi connectivity index (χ1n) is 33.9. The third kappa shape index (κ3) is 29.2. The summed E-state index contributed by atoms with van der Waals surface area (Å²) in [4.78, 5) is 43.0. The van der Waals surface area contributed by atoms with Crippen LogP contribution >= 0.6 is 7.82 Å². The highest BCUT2D eigenvalue weighted by atomic mass is 31.2. The number of unbranched alkanes of at least 4 members (excludes halogenated alkanes) is 27. The summed E-state index contributed by atoms with van der Waals surface area (Å²) in [5, 5.41) is 3.13. The van der Waals surface area contributed by atoms with E-state index in [1.54, 1.807) is 14.2 Å². The maximum Gasteiger partial charge on any atom is 0.475 e. The van der Waals surface area contributed by atoms with Gasteiger partial charge in [0, 0.05) is 97.9 Å². The predicted molar refractivity (Wildman–Crippen MR) is 346 cm³/mol. The van der Waals surface area contributed by atoms with Crippen LogP contribution in [0.3, 0.4) is 0 Å². The number of phosphoric ester groups is 1. The molecule has 1 saturated carbocycles. The third-order valence-electron chi connectivity index (χ3n) is 17.9. The van der Waals surface area contributed by atoms with E-state index in [0.29, 0.717) is 12.8 Å². The van der Waals surface area contributed by atoms with Crippen molar-refractivity contribution in [2.75, 3.05) is 98.5 Å². The number of ether oxygens (including phenoxy) is 12. The number of rotatable bonds is 55. The lowest BCUT2D eigenvalue weighted by Crippen LogP contribution is -2.72. The van der Waals surface area contributed by atoms with Crippen molar-refractivity contribution in [2.24, 2.45) is 0 Å². The van der Waals surface area contributed by atoms with E-state index in [-0.39, 0.29) is 31.4 Å². The molecule has 2 fully saturated rings. The van der Waals surface area contributed by atoms with E-state index in [0.717, 1.165) is 38.5 Å². The lowest BCUT2D eigenvalue weighted by molar-refractivity contribution is -0.360. The Morgan fingerprint density at radius 1 is 0.584 bits per heavy atom. The van der Waals surface area contributed by atoms with E-state index >= 15 is 4.57 Å². The molecule has 89 heavy (non-hydrogen) atoms. The largest absolute Gasteiger partial charge is 0.475 e. The molecule has 0 aromatic rings. The Bertz CT molecular complexity index is 1890. The van der Waals surface area contributed by atoms with Crippen molar-refractivity contribution < 1.29 is 89.4 Å². The summed E-state index contributed by atoms with van der Waals surface area (Å²) in [5.41, 5.74) is 0. The molecule has 0 aromatic carbocycles. The topological polar surface area (TPSA) is 222 Å². The lowest BCUT2D eigenvalue weighted by Gasteiger charge is -2.54. The van der Waals surface area contributed by atoms with Crippen molar-refractivity contribution >= 4 is 25.6 Å². The second-order valence-corrected chi connectivity index (χ2v) is 26.0. The van der Waals surface area contributed by atoms with Gasteiger partial charge in [0.2, 0.25) is 11.8 Å². The number of nitrogens with zero attached hydrogens (tertiary/aromatic N) is 1. The van der Waals surface area contributed by atoms with E-state index in [4.69, 9.17) is 70.4 Å². The summed E-state index contributed by atoms with van der Waals surface area (Å²) >= 11 is 0. The van der Waals surface area contributed by atoms with Gasteiger partial charge in [0.05, 0.1) is 44.6 Å². The first kappa shape index (κ1) is 82.9. The Morgan fingerprint density at radius 3 is 1.46 bits per heavy atom. The van der Waals surface area contributed by atoms with Gasteiger partial charge in [0.1, 0.15) is 54.9 Å². The van der Waals surface area contributed by atoms with Crippen molar-refractivity contribution in [3.8, 4) is 0 Å². The second kappa shape index (κ2) is 49.4. The summed E-state index contributed by atoms with van der Waals surface area (Å²) in [7, 11) is 12.3. The van der Waals surface area contributed by atoms with Crippen molar-refractivity contribution in [1.82, 2.24) is 10.2 Å². The van der Waals surface area contributed by atoms with Crippen LogP contribution in [0.4, 0.5) is 0 Å². The first-order valence-corrected chi connectivity index (χ1v) is 35.4. The van der Waals surface area contributed by atoms with Crippen molar-refractivity contribution in [2.45, 2.75) is 305 Å².